The van der Waals surface area contributed by atoms with Crippen LogP contribution in [0.4, 0.5) is 10.5 Å². The van der Waals surface area contributed by atoms with Gasteiger partial charge in [-0.2, -0.15) is 0 Å². The first-order valence-electron chi connectivity index (χ1n) is 19.7. The standard InChI is InChI=1S/C46H46N4O10/c1-27(2)36(42(54)58-3)48-45(57)49-33-22-21-28(14-12-13-23-51)26-32(33)46(44(49)56)35(41(47)53)38-43(55)60-39(30-17-8-5-9-18-30)37(29-15-6-4-7-16-29)50(38)40(46)31-19-10-11-20-34(31)59-25-24-52/h4-11,15-22,26-27,35-40,51-52H,13,23-25H2,1-3H3,(H2,47,53)(H,48,57)/t35-,36-,37-,38-,39+,40+,46-/m0/s1. The van der Waals surface area contributed by atoms with Crippen LogP contribution in [-0.2, 0) is 34.1 Å². The van der Waals surface area contributed by atoms with E-state index in [1.165, 1.54) is 13.2 Å². The number of benzene rings is 4. The van der Waals surface area contributed by atoms with Gasteiger partial charge in [0.05, 0.1) is 44.0 Å². The molecular formula is C46H46N4O10. The average molecular weight is 815 g/mol. The number of esters is 2. The quantitative estimate of drug-likeness (QED) is 0.127. The van der Waals surface area contributed by atoms with E-state index in [2.05, 4.69) is 17.2 Å². The van der Waals surface area contributed by atoms with Crippen LogP contribution in [0.3, 0.4) is 0 Å². The van der Waals surface area contributed by atoms with E-state index in [1.54, 1.807) is 55.1 Å². The number of carbonyl (C=O) groups excluding carboxylic acids is 5. The summed E-state index contributed by atoms with van der Waals surface area (Å²) in [5, 5.41) is 22.1. The maximum atomic E-state index is 16.1. The van der Waals surface area contributed by atoms with Crippen molar-refractivity contribution in [3.63, 3.8) is 0 Å². The SMILES string of the molecule is COC(=O)[C@@H](NC(=O)N1C(=O)[C@@]2(c3cc(C#CCCO)ccc31)[C@H](C(N)=O)[C@H]1C(=O)O[C@H](c3ccccc3)[C@H](c3ccccc3)N1[C@@H]2c1ccccc1OCCO)C(C)C. The largest absolute Gasteiger partial charge is 0.491 e. The number of fused-ring (bicyclic) bond motifs is 3. The molecule has 7 rings (SSSR count). The number of rotatable bonds is 11. The fourth-order valence-corrected chi connectivity index (χ4v) is 9.02. The number of methoxy groups -OCH3 is 1. The van der Waals surface area contributed by atoms with Gasteiger partial charge in [-0.05, 0) is 46.9 Å². The van der Waals surface area contributed by atoms with Gasteiger partial charge in [0, 0.05) is 17.5 Å². The molecule has 3 heterocycles. The Balaban J connectivity index is 1.58. The van der Waals surface area contributed by atoms with Crippen molar-refractivity contribution in [3.8, 4) is 17.6 Å². The van der Waals surface area contributed by atoms with Crippen molar-refractivity contribution < 1.29 is 48.4 Å². The van der Waals surface area contributed by atoms with E-state index in [9.17, 15) is 29.4 Å². The van der Waals surface area contributed by atoms with Crippen molar-refractivity contribution in [2.24, 2.45) is 17.6 Å². The smallest absolute Gasteiger partial charge is 0.329 e. The van der Waals surface area contributed by atoms with Gasteiger partial charge in [0.25, 0.3) is 0 Å². The number of aliphatic hydroxyl groups is 2. The zero-order valence-corrected chi connectivity index (χ0v) is 33.3. The first kappa shape index (κ1) is 41.6. The van der Waals surface area contributed by atoms with Crippen LogP contribution in [0.2, 0.25) is 0 Å². The van der Waals surface area contributed by atoms with Crippen molar-refractivity contribution in [3.05, 3.63) is 131 Å². The van der Waals surface area contributed by atoms with E-state index >= 15 is 4.79 Å². The topological polar surface area (TPSA) is 198 Å². The second kappa shape index (κ2) is 17.4. The molecule has 4 aromatic rings. The number of para-hydroxylation sites is 1. The van der Waals surface area contributed by atoms with Crippen LogP contribution >= 0.6 is 0 Å². The second-order valence-corrected chi connectivity index (χ2v) is 15.1. The predicted octanol–water partition coefficient (Wildman–Crippen LogP) is 3.85. The number of nitrogens with one attached hydrogen (secondary N) is 1. The molecule has 14 heteroatoms. The third-order valence-corrected chi connectivity index (χ3v) is 11.4. The summed E-state index contributed by atoms with van der Waals surface area (Å²) in [6.07, 6.45) is -0.824. The highest BCUT2D eigenvalue weighted by atomic mass is 16.6. The molecule has 2 saturated heterocycles. The van der Waals surface area contributed by atoms with Crippen molar-refractivity contribution in [1.29, 1.82) is 0 Å². The Labute approximate surface area is 347 Å². The van der Waals surface area contributed by atoms with E-state index in [0.29, 0.717) is 22.3 Å². The fraction of sp³-hybridized carbons (Fsp3) is 0.326. The third kappa shape index (κ3) is 7.04. The van der Waals surface area contributed by atoms with Gasteiger partial charge in [0.1, 0.15) is 36.0 Å². The number of imide groups is 1. The normalized spacial score (nSPS) is 23.6. The van der Waals surface area contributed by atoms with Gasteiger partial charge in [0.2, 0.25) is 11.8 Å². The first-order valence-corrected chi connectivity index (χ1v) is 19.7. The summed E-state index contributed by atoms with van der Waals surface area (Å²) in [4.78, 5) is 75.7. The monoisotopic (exact) mass is 814 g/mol. The highest BCUT2D eigenvalue weighted by Crippen LogP contribution is 2.66. The Morgan fingerprint density at radius 3 is 2.20 bits per heavy atom. The Hall–Kier alpha value is -6.53. The lowest BCUT2D eigenvalue weighted by molar-refractivity contribution is -0.178. The number of hydrogen-bond donors (Lipinski definition) is 4. The summed E-state index contributed by atoms with van der Waals surface area (Å²) in [5.74, 6) is 0.523. The van der Waals surface area contributed by atoms with Gasteiger partial charge in [-0.25, -0.2) is 14.5 Å². The summed E-state index contributed by atoms with van der Waals surface area (Å²) in [6, 6.07) is 24.1. The van der Waals surface area contributed by atoms with E-state index in [-0.39, 0.29) is 43.2 Å². The van der Waals surface area contributed by atoms with Crippen LogP contribution in [0.1, 0.15) is 66.3 Å². The number of hydrogen-bond acceptors (Lipinski definition) is 11. The maximum Gasteiger partial charge on any atom is 0.329 e. The Kier molecular flexibility index (Phi) is 12.0. The number of primary amides is 1. The number of nitrogens with two attached hydrogens (primary N) is 1. The molecule has 0 unspecified atom stereocenters. The maximum absolute atomic E-state index is 16.1. The summed E-state index contributed by atoms with van der Waals surface area (Å²) in [7, 11) is 1.19. The van der Waals surface area contributed by atoms with Crippen LogP contribution in [-0.4, -0.2) is 83.9 Å². The van der Waals surface area contributed by atoms with Crippen molar-refractivity contribution in [2.75, 3.05) is 31.8 Å². The van der Waals surface area contributed by atoms with E-state index in [4.69, 9.17) is 19.9 Å². The van der Waals surface area contributed by atoms with E-state index < -0.39 is 77.3 Å². The molecule has 60 heavy (non-hydrogen) atoms. The number of aliphatic hydroxyl groups excluding tert-OH is 2. The minimum atomic E-state index is -2.16. The van der Waals surface area contributed by atoms with Gasteiger partial charge in [-0.3, -0.25) is 19.3 Å². The molecule has 4 amide bonds. The number of carbonyl (C=O) groups is 5. The number of amides is 4. The minimum Gasteiger partial charge on any atom is -0.491 e. The van der Waals surface area contributed by atoms with Gasteiger partial charge in [-0.15, -0.1) is 0 Å². The molecule has 0 bridgehead atoms. The van der Waals surface area contributed by atoms with Crippen molar-refractivity contribution >= 4 is 35.5 Å². The number of anilines is 1. The lowest BCUT2D eigenvalue weighted by Crippen LogP contribution is -2.57. The van der Waals surface area contributed by atoms with Gasteiger partial charge >= 0.3 is 18.0 Å². The molecule has 0 aromatic heterocycles. The number of nitrogens with zero attached hydrogens (tertiary/aromatic N) is 2. The van der Waals surface area contributed by atoms with Crippen LogP contribution in [0.25, 0.3) is 0 Å². The molecule has 0 aliphatic carbocycles. The molecule has 1 spiro atoms. The number of urea groups is 1. The lowest BCUT2D eigenvalue weighted by atomic mass is 9.65. The number of morpholine rings is 1. The third-order valence-electron chi connectivity index (χ3n) is 11.4. The molecule has 4 aromatic carbocycles. The molecule has 7 atom stereocenters. The van der Waals surface area contributed by atoms with Crippen LogP contribution in [0.15, 0.2) is 103 Å². The average Bonchev–Trinajstić information content (AvgIpc) is 3.71. The van der Waals surface area contributed by atoms with Crippen LogP contribution in [0.5, 0.6) is 5.75 Å². The van der Waals surface area contributed by atoms with Crippen LogP contribution < -0.4 is 20.7 Å². The number of cyclic esters (lactones) is 1. The van der Waals surface area contributed by atoms with Crippen LogP contribution in [0, 0.1) is 23.7 Å². The molecule has 310 valence electrons. The predicted molar refractivity (Wildman–Crippen MR) is 218 cm³/mol. The van der Waals surface area contributed by atoms with Gasteiger partial charge < -0.3 is 35.5 Å². The fourth-order valence-electron chi connectivity index (χ4n) is 9.02. The highest BCUT2D eigenvalue weighted by Gasteiger charge is 2.75. The van der Waals surface area contributed by atoms with E-state index in [0.717, 1.165) is 4.90 Å². The Morgan fingerprint density at radius 2 is 1.57 bits per heavy atom. The molecule has 3 aliphatic heterocycles. The van der Waals surface area contributed by atoms with Gasteiger partial charge in [0.15, 0.2) is 0 Å². The highest BCUT2D eigenvalue weighted by molar-refractivity contribution is 6.25. The molecule has 5 N–H and O–H groups in total. The second-order valence-electron chi connectivity index (χ2n) is 15.1. The zero-order chi connectivity index (χ0) is 42.7. The molecular weight excluding hydrogens is 769 g/mol. The minimum absolute atomic E-state index is 0.0617. The lowest BCUT2D eigenvalue weighted by Gasteiger charge is -2.46. The molecule has 3 aliphatic rings. The Bertz CT molecular complexity index is 2340. The first-order chi connectivity index (χ1) is 29.0. The molecule has 0 saturated carbocycles. The number of ether oxygens (including phenoxy) is 3. The van der Waals surface area contributed by atoms with Crippen molar-refractivity contribution in [1.82, 2.24) is 10.2 Å². The summed E-state index contributed by atoms with van der Waals surface area (Å²) < 4.78 is 17.5. The van der Waals surface area contributed by atoms with E-state index in [1.807, 2.05) is 60.7 Å². The molecule has 14 nitrogen and oxygen atoms in total. The van der Waals surface area contributed by atoms with Crippen molar-refractivity contribution in [2.45, 2.75) is 56.0 Å². The summed E-state index contributed by atoms with van der Waals surface area (Å²) in [6.45, 7) is 2.72. The summed E-state index contributed by atoms with van der Waals surface area (Å²) >= 11 is 0. The zero-order valence-electron chi connectivity index (χ0n) is 33.3. The Morgan fingerprint density at radius 1 is 0.900 bits per heavy atom. The molecule has 0 radical (unpaired) electrons. The molecule has 2 fully saturated rings. The van der Waals surface area contributed by atoms with Gasteiger partial charge in [-0.1, -0.05) is 105 Å². The summed E-state index contributed by atoms with van der Waals surface area (Å²) in [5.41, 5.74) is 6.57.